The van der Waals surface area contributed by atoms with Gasteiger partial charge in [-0.1, -0.05) is 0 Å². The van der Waals surface area contributed by atoms with E-state index < -0.39 is 17.6 Å². The van der Waals surface area contributed by atoms with E-state index in [1.807, 2.05) is 0 Å². The van der Waals surface area contributed by atoms with Gasteiger partial charge >= 0.3 is 6.18 Å². The van der Waals surface area contributed by atoms with Gasteiger partial charge in [-0.15, -0.1) is 0 Å². The van der Waals surface area contributed by atoms with Crippen molar-refractivity contribution in [2.45, 2.75) is 44.0 Å². The van der Waals surface area contributed by atoms with Crippen molar-refractivity contribution >= 4 is 5.69 Å². The standard InChI is InChI=1S/C14H17F4NO/c1-20-11-4-2-3-9(7-11)19-10-5-6-13(15)12(8-10)14(16,17)18/h5-6,8-9,11,19H,2-4,7H2,1H3. The molecule has 0 radical (unpaired) electrons. The second-order valence-corrected chi connectivity index (χ2v) is 5.06. The Balaban J connectivity index is 2.10. The maximum atomic E-state index is 13.2. The average molecular weight is 291 g/mol. The lowest BCUT2D eigenvalue weighted by Gasteiger charge is -2.29. The van der Waals surface area contributed by atoms with E-state index in [2.05, 4.69) is 5.32 Å². The smallest absolute Gasteiger partial charge is 0.382 e. The molecule has 1 aliphatic rings. The van der Waals surface area contributed by atoms with Gasteiger partial charge in [0.05, 0.1) is 11.7 Å². The van der Waals surface area contributed by atoms with E-state index in [0.29, 0.717) is 5.69 Å². The predicted octanol–water partition coefficient (Wildman–Crippen LogP) is 4.21. The summed E-state index contributed by atoms with van der Waals surface area (Å²) in [4.78, 5) is 0. The molecule has 0 aliphatic heterocycles. The minimum Gasteiger partial charge on any atom is -0.382 e. The molecule has 20 heavy (non-hydrogen) atoms. The molecule has 1 aliphatic carbocycles. The second-order valence-electron chi connectivity index (χ2n) is 5.06. The Bertz CT molecular complexity index is 461. The summed E-state index contributed by atoms with van der Waals surface area (Å²) in [6, 6.07) is 3.06. The van der Waals surface area contributed by atoms with E-state index in [1.165, 1.54) is 6.07 Å². The highest BCUT2D eigenvalue weighted by atomic mass is 19.4. The number of rotatable bonds is 3. The second kappa shape index (κ2) is 5.99. The van der Waals surface area contributed by atoms with Crippen LogP contribution in [0.1, 0.15) is 31.2 Å². The van der Waals surface area contributed by atoms with E-state index in [9.17, 15) is 17.6 Å². The van der Waals surface area contributed by atoms with Crippen LogP contribution >= 0.6 is 0 Å². The third-order valence-corrected chi connectivity index (χ3v) is 3.60. The van der Waals surface area contributed by atoms with Gasteiger partial charge in [0.25, 0.3) is 0 Å². The van der Waals surface area contributed by atoms with E-state index in [1.54, 1.807) is 7.11 Å². The number of alkyl halides is 3. The largest absolute Gasteiger partial charge is 0.419 e. The summed E-state index contributed by atoms with van der Waals surface area (Å²) < 4.78 is 56.4. The average Bonchev–Trinajstić information content (AvgIpc) is 2.40. The van der Waals surface area contributed by atoms with Crippen LogP contribution in [-0.2, 0) is 10.9 Å². The number of methoxy groups -OCH3 is 1. The van der Waals surface area contributed by atoms with Gasteiger partial charge in [-0.05, 0) is 43.9 Å². The van der Waals surface area contributed by atoms with E-state index in [-0.39, 0.29) is 12.1 Å². The first-order valence-electron chi connectivity index (χ1n) is 6.56. The lowest BCUT2D eigenvalue weighted by atomic mass is 9.92. The quantitative estimate of drug-likeness (QED) is 0.842. The van der Waals surface area contributed by atoms with Gasteiger partial charge in [0, 0.05) is 18.8 Å². The molecular weight excluding hydrogens is 274 g/mol. The number of hydrogen-bond donors (Lipinski definition) is 1. The molecule has 1 saturated carbocycles. The molecule has 1 N–H and O–H groups in total. The normalized spacial score (nSPS) is 23.6. The van der Waals surface area contributed by atoms with Crippen LogP contribution in [0.2, 0.25) is 0 Å². The van der Waals surface area contributed by atoms with Gasteiger partial charge in [-0.25, -0.2) is 4.39 Å². The minimum absolute atomic E-state index is 0.0558. The monoisotopic (exact) mass is 291 g/mol. The van der Waals surface area contributed by atoms with Gasteiger partial charge in [0.2, 0.25) is 0 Å². The van der Waals surface area contributed by atoms with Crippen molar-refractivity contribution in [1.82, 2.24) is 0 Å². The summed E-state index contributed by atoms with van der Waals surface area (Å²) in [6.07, 6.45) is -1.00. The fourth-order valence-corrected chi connectivity index (χ4v) is 2.56. The summed E-state index contributed by atoms with van der Waals surface area (Å²) in [5.74, 6) is -1.25. The predicted molar refractivity (Wildman–Crippen MR) is 68.1 cm³/mol. The molecule has 112 valence electrons. The van der Waals surface area contributed by atoms with Gasteiger partial charge in [0.1, 0.15) is 5.82 Å². The molecular formula is C14H17F4NO. The van der Waals surface area contributed by atoms with Crippen LogP contribution in [0.3, 0.4) is 0 Å². The molecule has 0 amide bonds. The van der Waals surface area contributed by atoms with Crippen LogP contribution in [-0.4, -0.2) is 19.3 Å². The molecule has 0 saturated heterocycles. The van der Waals surface area contributed by atoms with Crippen molar-refractivity contribution in [2.24, 2.45) is 0 Å². The Morgan fingerprint density at radius 1 is 1.25 bits per heavy atom. The number of nitrogens with one attached hydrogen (secondary N) is 1. The fourth-order valence-electron chi connectivity index (χ4n) is 2.56. The summed E-state index contributed by atoms with van der Waals surface area (Å²) in [6.45, 7) is 0. The highest BCUT2D eigenvalue weighted by Crippen LogP contribution is 2.33. The lowest BCUT2D eigenvalue weighted by molar-refractivity contribution is -0.139. The van der Waals surface area contributed by atoms with Crippen molar-refractivity contribution in [2.75, 3.05) is 12.4 Å². The Labute approximate surface area is 115 Å². The summed E-state index contributed by atoms with van der Waals surface area (Å²) in [7, 11) is 1.63. The topological polar surface area (TPSA) is 21.3 Å². The van der Waals surface area contributed by atoms with Crippen LogP contribution in [0.25, 0.3) is 0 Å². The maximum absolute atomic E-state index is 13.2. The first kappa shape index (κ1) is 15.1. The highest BCUT2D eigenvalue weighted by Gasteiger charge is 2.34. The van der Waals surface area contributed by atoms with Gasteiger partial charge in [-0.2, -0.15) is 13.2 Å². The zero-order valence-electron chi connectivity index (χ0n) is 11.1. The molecule has 0 bridgehead atoms. The summed E-state index contributed by atoms with van der Waals surface area (Å²) in [5.41, 5.74) is -0.943. The van der Waals surface area contributed by atoms with E-state index in [0.717, 1.165) is 37.8 Å². The molecule has 0 spiro atoms. The van der Waals surface area contributed by atoms with Gasteiger partial charge < -0.3 is 10.1 Å². The van der Waals surface area contributed by atoms with Crippen LogP contribution in [0.15, 0.2) is 18.2 Å². The minimum atomic E-state index is -4.68. The number of benzene rings is 1. The van der Waals surface area contributed by atoms with Crippen molar-refractivity contribution in [3.8, 4) is 0 Å². The van der Waals surface area contributed by atoms with E-state index in [4.69, 9.17) is 4.74 Å². The molecule has 0 aromatic heterocycles. The van der Waals surface area contributed by atoms with Crippen LogP contribution < -0.4 is 5.32 Å². The van der Waals surface area contributed by atoms with E-state index >= 15 is 0 Å². The van der Waals surface area contributed by atoms with Crippen LogP contribution in [0, 0.1) is 5.82 Å². The first-order chi connectivity index (χ1) is 9.40. The number of hydrogen-bond acceptors (Lipinski definition) is 2. The molecule has 1 aromatic carbocycles. The molecule has 2 atom stereocenters. The van der Waals surface area contributed by atoms with Crippen molar-refractivity contribution in [3.63, 3.8) is 0 Å². The van der Waals surface area contributed by atoms with Crippen molar-refractivity contribution in [1.29, 1.82) is 0 Å². The number of anilines is 1. The van der Waals surface area contributed by atoms with Crippen molar-refractivity contribution in [3.05, 3.63) is 29.6 Å². The summed E-state index contributed by atoms with van der Waals surface area (Å²) >= 11 is 0. The SMILES string of the molecule is COC1CCCC(Nc2ccc(F)c(C(F)(F)F)c2)C1. The van der Waals surface area contributed by atoms with Crippen LogP contribution in [0.4, 0.5) is 23.2 Å². The Hall–Kier alpha value is -1.30. The third kappa shape index (κ3) is 3.62. The van der Waals surface area contributed by atoms with Crippen LogP contribution in [0.5, 0.6) is 0 Å². The Morgan fingerprint density at radius 2 is 2.00 bits per heavy atom. The van der Waals surface area contributed by atoms with Gasteiger partial charge in [-0.3, -0.25) is 0 Å². The Morgan fingerprint density at radius 3 is 2.65 bits per heavy atom. The molecule has 1 aromatic rings. The third-order valence-electron chi connectivity index (χ3n) is 3.60. The molecule has 2 unspecified atom stereocenters. The zero-order valence-corrected chi connectivity index (χ0v) is 11.1. The molecule has 0 heterocycles. The maximum Gasteiger partial charge on any atom is 0.419 e. The summed E-state index contributed by atoms with van der Waals surface area (Å²) in [5, 5.41) is 3.04. The first-order valence-corrected chi connectivity index (χ1v) is 6.56. The molecule has 6 heteroatoms. The molecule has 2 rings (SSSR count). The zero-order chi connectivity index (χ0) is 14.8. The van der Waals surface area contributed by atoms with Crippen molar-refractivity contribution < 1.29 is 22.3 Å². The molecule has 1 fully saturated rings. The fraction of sp³-hybridized carbons (Fsp3) is 0.571. The highest BCUT2D eigenvalue weighted by molar-refractivity contribution is 5.48. The van der Waals surface area contributed by atoms with Gasteiger partial charge in [0.15, 0.2) is 0 Å². The molecule has 2 nitrogen and oxygen atoms in total. The number of ether oxygens (including phenoxy) is 1. The Kier molecular flexibility index (Phi) is 4.52. The lowest BCUT2D eigenvalue weighted by Crippen LogP contribution is -2.31. The number of halogens is 4.